The monoisotopic (exact) mass is 211 g/mol. The Labute approximate surface area is 91.9 Å². The maximum Gasteiger partial charge on any atom is 0.320 e. The molecule has 0 saturated heterocycles. The summed E-state index contributed by atoms with van der Waals surface area (Å²) in [6.07, 6.45) is 6.09. The van der Waals surface area contributed by atoms with Crippen molar-refractivity contribution in [2.24, 2.45) is 5.92 Å². The van der Waals surface area contributed by atoms with Crippen molar-refractivity contribution in [1.29, 1.82) is 0 Å². The van der Waals surface area contributed by atoms with Crippen molar-refractivity contribution in [3.63, 3.8) is 0 Å². The molecule has 3 heteroatoms. The van der Waals surface area contributed by atoms with Gasteiger partial charge in [-0.15, -0.1) is 13.2 Å². The van der Waals surface area contributed by atoms with E-state index >= 15 is 0 Å². The average Bonchev–Trinajstić information content (AvgIpc) is 2.18. The molecule has 0 aliphatic rings. The molecule has 0 radical (unpaired) electrons. The van der Waals surface area contributed by atoms with Crippen LogP contribution in [0.3, 0.4) is 0 Å². The zero-order valence-corrected chi connectivity index (χ0v) is 9.41. The molecule has 1 atom stereocenters. The highest BCUT2D eigenvalue weighted by Gasteiger charge is 2.15. The van der Waals surface area contributed by atoms with Crippen LogP contribution in [0.25, 0.3) is 0 Å². The van der Waals surface area contributed by atoms with Gasteiger partial charge >= 0.3 is 5.97 Å². The molecule has 0 bridgehead atoms. The van der Waals surface area contributed by atoms with E-state index in [0.29, 0.717) is 18.9 Å². The molecule has 0 aromatic rings. The molecule has 86 valence electrons. The lowest BCUT2D eigenvalue weighted by molar-refractivity contribution is -0.139. The van der Waals surface area contributed by atoms with Gasteiger partial charge in [-0.05, 0) is 31.7 Å². The van der Waals surface area contributed by atoms with Gasteiger partial charge in [-0.2, -0.15) is 0 Å². The van der Waals surface area contributed by atoms with Gasteiger partial charge in [-0.25, -0.2) is 0 Å². The summed E-state index contributed by atoms with van der Waals surface area (Å²) in [5.41, 5.74) is 0. The lowest BCUT2D eigenvalue weighted by atomic mass is 10.0. The molecule has 0 saturated carbocycles. The first-order chi connectivity index (χ1) is 7.15. The van der Waals surface area contributed by atoms with Gasteiger partial charge in [0.1, 0.15) is 6.04 Å². The molecule has 0 spiro atoms. The zero-order chi connectivity index (χ0) is 11.7. The van der Waals surface area contributed by atoms with E-state index in [1.807, 2.05) is 19.1 Å². The van der Waals surface area contributed by atoms with E-state index in [9.17, 15) is 4.79 Å². The van der Waals surface area contributed by atoms with Crippen LogP contribution in [-0.2, 0) is 4.79 Å². The molecule has 3 nitrogen and oxygen atoms in total. The van der Waals surface area contributed by atoms with Crippen LogP contribution in [-0.4, -0.2) is 23.7 Å². The second-order valence-corrected chi connectivity index (χ2v) is 3.62. The Morgan fingerprint density at radius 1 is 1.40 bits per heavy atom. The van der Waals surface area contributed by atoms with E-state index in [4.69, 9.17) is 5.11 Å². The molecule has 0 aromatic heterocycles. The number of rotatable bonds is 9. The van der Waals surface area contributed by atoms with Gasteiger partial charge in [-0.1, -0.05) is 19.1 Å². The minimum atomic E-state index is -0.784. The average molecular weight is 211 g/mol. The number of aliphatic carboxylic acids is 1. The van der Waals surface area contributed by atoms with Crippen molar-refractivity contribution in [3.8, 4) is 0 Å². The molecular weight excluding hydrogens is 190 g/mol. The largest absolute Gasteiger partial charge is 0.480 e. The minimum Gasteiger partial charge on any atom is -0.480 e. The third kappa shape index (κ3) is 6.07. The molecule has 0 aliphatic heterocycles. The predicted octanol–water partition coefficient (Wildman–Crippen LogP) is 2.21. The molecule has 0 heterocycles. The number of carboxylic acid groups (broad SMARTS) is 1. The highest BCUT2D eigenvalue weighted by atomic mass is 16.4. The van der Waals surface area contributed by atoms with E-state index in [1.54, 1.807) is 0 Å². The van der Waals surface area contributed by atoms with Crippen molar-refractivity contribution in [2.45, 2.75) is 32.2 Å². The molecule has 15 heavy (non-hydrogen) atoms. The van der Waals surface area contributed by atoms with Gasteiger partial charge in [0, 0.05) is 0 Å². The summed E-state index contributed by atoms with van der Waals surface area (Å²) in [6.45, 7) is 9.93. The van der Waals surface area contributed by atoms with Gasteiger partial charge in [-0.3, -0.25) is 4.79 Å². The summed E-state index contributed by atoms with van der Waals surface area (Å²) < 4.78 is 0. The summed E-state index contributed by atoms with van der Waals surface area (Å²) in [6, 6.07) is -0.442. The Morgan fingerprint density at radius 2 is 1.93 bits per heavy atom. The van der Waals surface area contributed by atoms with Crippen molar-refractivity contribution in [3.05, 3.63) is 25.3 Å². The van der Waals surface area contributed by atoms with E-state index < -0.39 is 12.0 Å². The Bertz CT molecular complexity index is 204. The molecule has 1 unspecified atom stereocenters. The van der Waals surface area contributed by atoms with Crippen LogP contribution in [0, 0.1) is 5.92 Å². The Morgan fingerprint density at radius 3 is 2.27 bits per heavy atom. The highest BCUT2D eigenvalue weighted by molar-refractivity contribution is 5.73. The van der Waals surface area contributed by atoms with Crippen molar-refractivity contribution < 1.29 is 9.90 Å². The number of hydrogen-bond acceptors (Lipinski definition) is 2. The normalized spacial score (nSPS) is 12.4. The van der Waals surface area contributed by atoms with Gasteiger partial charge in [0.25, 0.3) is 0 Å². The van der Waals surface area contributed by atoms with Crippen molar-refractivity contribution >= 4 is 5.97 Å². The third-order valence-corrected chi connectivity index (χ3v) is 2.36. The van der Waals surface area contributed by atoms with E-state index in [2.05, 4.69) is 18.5 Å². The molecule has 0 rings (SSSR count). The lowest BCUT2D eigenvalue weighted by Gasteiger charge is -2.17. The van der Waals surface area contributed by atoms with Crippen LogP contribution < -0.4 is 5.32 Å². The molecule has 0 amide bonds. The van der Waals surface area contributed by atoms with Gasteiger partial charge in [0.05, 0.1) is 0 Å². The SMILES string of the molecule is C=CCC(CC=C)CNC(CC)C(=O)O. The maximum absolute atomic E-state index is 10.8. The predicted molar refractivity (Wildman–Crippen MR) is 62.8 cm³/mol. The van der Waals surface area contributed by atoms with Crippen LogP contribution in [0.1, 0.15) is 26.2 Å². The number of allylic oxidation sites excluding steroid dienone is 2. The summed E-state index contributed by atoms with van der Waals surface area (Å²) in [4.78, 5) is 10.8. The Balaban J connectivity index is 3.99. The van der Waals surface area contributed by atoms with Gasteiger partial charge < -0.3 is 10.4 Å². The summed E-state index contributed by atoms with van der Waals surface area (Å²) in [5.74, 6) is -0.387. The fourth-order valence-corrected chi connectivity index (χ4v) is 1.45. The van der Waals surface area contributed by atoms with Crippen molar-refractivity contribution in [2.75, 3.05) is 6.54 Å². The Kier molecular flexibility index (Phi) is 7.64. The van der Waals surface area contributed by atoms with Crippen LogP contribution in [0.5, 0.6) is 0 Å². The summed E-state index contributed by atoms with van der Waals surface area (Å²) >= 11 is 0. The van der Waals surface area contributed by atoms with E-state index in [0.717, 1.165) is 12.8 Å². The number of nitrogens with one attached hydrogen (secondary N) is 1. The minimum absolute atomic E-state index is 0.397. The maximum atomic E-state index is 10.8. The van der Waals surface area contributed by atoms with E-state index in [1.165, 1.54) is 0 Å². The molecule has 0 aromatic carbocycles. The van der Waals surface area contributed by atoms with Crippen LogP contribution >= 0.6 is 0 Å². The fraction of sp³-hybridized carbons (Fsp3) is 0.583. The van der Waals surface area contributed by atoms with E-state index in [-0.39, 0.29) is 0 Å². The topological polar surface area (TPSA) is 49.3 Å². The fourth-order valence-electron chi connectivity index (χ4n) is 1.45. The zero-order valence-electron chi connectivity index (χ0n) is 9.41. The highest BCUT2D eigenvalue weighted by Crippen LogP contribution is 2.09. The third-order valence-electron chi connectivity index (χ3n) is 2.36. The summed E-state index contributed by atoms with van der Waals surface area (Å²) in [7, 11) is 0. The number of hydrogen-bond donors (Lipinski definition) is 2. The first-order valence-corrected chi connectivity index (χ1v) is 5.33. The molecular formula is C12H21NO2. The molecule has 0 aliphatic carbocycles. The van der Waals surface area contributed by atoms with Crippen LogP contribution in [0.15, 0.2) is 25.3 Å². The first-order valence-electron chi connectivity index (χ1n) is 5.33. The second kappa shape index (κ2) is 8.24. The second-order valence-electron chi connectivity index (χ2n) is 3.62. The van der Waals surface area contributed by atoms with Gasteiger partial charge in [0.15, 0.2) is 0 Å². The molecule has 2 N–H and O–H groups in total. The molecule has 0 fully saturated rings. The quantitative estimate of drug-likeness (QED) is 0.575. The number of carboxylic acids is 1. The smallest absolute Gasteiger partial charge is 0.320 e. The van der Waals surface area contributed by atoms with Crippen LogP contribution in [0.4, 0.5) is 0 Å². The lowest BCUT2D eigenvalue weighted by Crippen LogP contribution is -2.38. The van der Waals surface area contributed by atoms with Gasteiger partial charge in [0.2, 0.25) is 0 Å². The standard InChI is InChI=1S/C12H21NO2/c1-4-7-10(8-5-2)9-13-11(6-3)12(14)15/h4-5,10-11,13H,1-2,6-9H2,3H3,(H,14,15). The number of carbonyl (C=O) groups is 1. The van der Waals surface area contributed by atoms with Crippen molar-refractivity contribution in [1.82, 2.24) is 5.32 Å². The first kappa shape index (κ1) is 13.9. The summed E-state index contributed by atoms with van der Waals surface area (Å²) in [5, 5.41) is 11.9. The van der Waals surface area contributed by atoms with Crippen LogP contribution in [0.2, 0.25) is 0 Å². The Hall–Kier alpha value is -1.09.